The number of hydrogen-bond donors (Lipinski definition) is 0. The van der Waals surface area contributed by atoms with Crippen LogP contribution in [-0.2, 0) is 4.74 Å². The van der Waals surface area contributed by atoms with E-state index in [-0.39, 0.29) is 6.42 Å². The Balaban J connectivity index is 2.68. The first kappa shape index (κ1) is 7.25. The molecular formula is C7H8F2O. The van der Waals surface area contributed by atoms with Crippen LogP contribution in [0.4, 0.5) is 8.78 Å². The minimum absolute atomic E-state index is 0.319. The molecule has 0 saturated heterocycles. The molecule has 0 fully saturated rings. The van der Waals surface area contributed by atoms with Crippen molar-refractivity contribution in [3.8, 4) is 0 Å². The first-order valence-electron chi connectivity index (χ1n) is 2.94. The van der Waals surface area contributed by atoms with Crippen molar-refractivity contribution in [2.24, 2.45) is 0 Å². The van der Waals surface area contributed by atoms with Crippen molar-refractivity contribution >= 4 is 0 Å². The third-order valence-electron chi connectivity index (χ3n) is 1.29. The fraction of sp³-hybridized carbons (Fsp3) is 0.429. The molecule has 0 unspecified atom stereocenters. The molecule has 0 spiro atoms. The molecule has 10 heavy (non-hydrogen) atoms. The van der Waals surface area contributed by atoms with Crippen LogP contribution in [-0.4, -0.2) is 13.0 Å². The van der Waals surface area contributed by atoms with Crippen LogP contribution in [0.2, 0.25) is 0 Å². The van der Waals surface area contributed by atoms with E-state index in [4.69, 9.17) is 0 Å². The van der Waals surface area contributed by atoms with Crippen molar-refractivity contribution in [2.75, 3.05) is 7.11 Å². The minimum Gasteiger partial charge on any atom is -0.501 e. The van der Waals surface area contributed by atoms with Crippen molar-refractivity contribution < 1.29 is 13.5 Å². The van der Waals surface area contributed by atoms with Crippen LogP contribution in [0, 0.1) is 0 Å². The van der Waals surface area contributed by atoms with Gasteiger partial charge in [-0.25, -0.2) is 8.78 Å². The predicted molar refractivity (Wildman–Crippen MR) is 33.8 cm³/mol. The molecule has 0 bridgehead atoms. The molecule has 1 aliphatic rings. The summed E-state index contributed by atoms with van der Waals surface area (Å²) in [6.07, 6.45) is 3.40. The summed E-state index contributed by atoms with van der Waals surface area (Å²) in [6, 6.07) is 0. The van der Waals surface area contributed by atoms with Crippen LogP contribution in [0.1, 0.15) is 6.42 Å². The molecule has 0 atom stereocenters. The number of methoxy groups -OCH3 is 1. The van der Waals surface area contributed by atoms with E-state index < -0.39 is 5.92 Å². The van der Waals surface area contributed by atoms with Crippen molar-refractivity contribution in [3.63, 3.8) is 0 Å². The standard InChI is InChI=1S/C7H8F2O/c1-10-6-3-2-4-7(8,9)5-6/h2-4H,5H2,1H3. The Morgan fingerprint density at radius 1 is 1.60 bits per heavy atom. The minimum atomic E-state index is -2.72. The Kier molecular flexibility index (Phi) is 1.74. The normalized spacial score (nSPS) is 22.1. The highest BCUT2D eigenvalue weighted by Gasteiger charge is 2.28. The van der Waals surface area contributed by atoms with E-state index >= 15 is 0 Å². The first-order chi connectivity index (χ1) is 4.64. The van der Waals surface area contributed by atoms with E-state index in [1.165, 1.54) is 19.3 Å². The summed E-state index contributed by atoms with van der Waals surface area (Å²) in [7, 11) is 1.39. The van der Waals surface area contributed by atoms with Gasteiger partial charge < -0.3 is 4.74 Å². The molecule has 0 aromatic heterocycles. The number of hydrogen-bond acceptors (Lipinski definition) is 1. The lowest BCUT2D eigenvalue weighted by Crippen LogP contribution is -2.15. The molecule has 1 nitrogen and oxygen atoms in total. The maximum absolute atomic E-state index is 12.4. The van der Waals surface area contributed by atoms with E-state index in [1.54, 1.807) is 0 Å². The van der Waals surface area contributed by atoms with Crippen LogP contribution in [0.15, 0.2) is 24.0 Å². The zero-order chi connectivity index (χ0) is 7.61. The molecule has 0 aliphatic heterocycles. The van der Waals surface area contributed by atoms with Crippen molar-refractivity contribution in [3.05, 3.63) is 24.0 Å². The van der Waals surface area contributed by atoms with Crippen LogP contribution in [0.25, 0.3) is 0 Å². The second kappa shape index (κ2) is 2.40. The fourth-order valence-corrected chi connectivity index (χ4v) is 0.787. The van der Waals surface area contributed by atoms with Gasteiger partial charge in [0.05, 0.1) is 13.5 Å². The molecule has 0 saturated carbocycles. The quantitative estimate of drug-likeness (QED) is 0.550. The number of halogens is 2. The Labute approximate surface area is 58.0 Å². The molecule has 0 aromatic carbocycles. The van der Waals surface area contributed by atoms with Gasteiger partial charge in [0, 0.05) is 0 Å². The molecule has 56 valence electrons. The number of allylic oxidation sites excluding steroid dienone is 4. The van der Waals surface area contributed by atoms with Crippen molar-refractivity contribution in [1.29, 1.82) is 0 Å². The van der Waals surface area contributed by atoms with Gasteiger partial charge in [-0.05, 0) is 12.2 Å². The molecule has 0 N–H and O–H groups in total. The van der Waals surface area contributed by atoms with Crippen LogP contribution in [0.5, 0.6) is 0 Å². The van der Waals surface area contributed by atoms with Crippen molar-refractivity contribution in [1.82, 2.24) is 0 Å². The monoisotopic (exact) mass is 146 g/mol. The van der Waals surface area contributed by atoms with Crippen LogP contribution >= 0.6 is 0 Å². The Bertz CT molecular complexity index is 182. The summed E-state index contributed by atoms with van der Waals surface area (Å²) in [6.45, 7) is 0. The molecule has 1 aliphatic carbocycles. The average Bonchev–Trinajstić information content (AvgIpc) is 1.86. The maximum Gasteiger partial charge on any atom is 0.273 e. The van der Waals surface area contributed by atoms with Crippen LogP contribution < -0.4 is 0 Å². The molecule has 0 aromatic rings. The van der Waals surface area contributed by atoms with Gasteiger partial charge in [0.15, 0.2) is 0 Å². The van der Waals surface area contributed by atoms with Gasteiger partial charge in [0.25, 0.3) is 5.92 Å². The summed E-state index contributed by atoms with van der Waals surface area (Å²) in [5, 5.41) is 0. The van der Waals surface area contributed by atoms with Gasteiger partial charge in [-0.15, -0.1) is 0 Å². The van der Waals surface area contributed by atoms with Gasteiger partial charge >= 0.3 is 0 Å². The van der Waals surface area contributed by atoms with Gasteiger partial charge in [-0.2, -0.15) is 0 Å². The van der Waals surface area contributed by atoms with Crippen molar-refractivity contribution in [2.45, 2.75) is 12.3 Å². The summed E-state index contributed by atoms with van der Waals surface area (Å²) in [5.74, 6) is -2.40. The Morgan fingerprint density at radius 2 is 2.30 bits per heavy atom. The number of alkyl halides is 2. The topological polar surface area (TPSA) is 9.23 Å². The predicted octanol–water partition coefficient (Wildman–Crippen LogP) is 2.11. The summed E-state index contributed by atoms with van der Waals surface area (Å²) >= 11 is 0. The highest BCUT2D eigenvalue weighted by Crippen LogP contribution is 2.28. The number of ether oxygens (including phenoxy) is 1. The lowest BCUT2D eigenvalue weighted by Gasteiger charge is -2.16. The molecule has 0 amide bonds. The zero-order valence-corrected chi connectivity index (χ0v) is 5.60. The second-order valence-corrected chi connectivity index (χ2v) is 2.13. The molecular weight excluding hydrogens is 138 g/mol. The zero-order valence-electron chi connectivity index (χ0n) is 5.60. The maximum atomic E-state index is 12.4. The third kappa shape index (κ3) is 1.56. The number of rotatable bonds is 1. The first-order valence-corrected chi connectivity index (χ1v) is 2.94. The van der Waals surface area contributed by atoms with E-state index in [1.807, 2.05) is 0 Å². The molecule has 0 heterocycles. The average molecular weight is 146 g/mol. The van der Waals surface area contributed by atoms with Crippen LogP contribution in [0.3, 0.4) is 0 Å². The summed E-state index contributed by atoms with van der Waals surface area (Å²) < 4.78 is 29.5. The van der Waals surface area contributed by atoms with Gasteiger partial charge in [0.1, 0.15) is 5.76 Å². The van der Waals surface area contributed by atoms with E-state index in [0.29, 0.717) is 5.76 Å². The lowest BCUT2D eigenvalue weighted by atomic mass is 10.1. The highest BCUT2D eigenvalue weighted by molar-refractivity contribution is 5.19. The second-order valence-electron chi connectivity index (χ2n) is 2.13. The molecule has 3 heteroatoms. The lowest BCUT2D eigenvalue weighted by molar-refractivity contribution is 0.0380. The summed E-state index contributed by atoms with van der Waals surface area (Å²) in [4.78, 5) is 0. The highest BCUT2D eigenvalue weighted by atomic mass is 19.3. The van der Waals surface area contributed by atoms with E-state index in [0.717, 1.165) is 6.08 Å². The Morgan fingerprint density at radius 3 is 2.70 bits per heavy atom. The molecule has 1 rings (SSSR count). The van der Waals surface area contributed by atoms with Gasteiger partial charge in [-0.1, -0.05) is 6.08 Å². The Hall–Kier alpha value is -0.860. The fourth-order valence-electron chi connectivity index (χ4n) is 0.787. The van der Waals surface area contributed by atoms with Gasteiger partial charge in [-0.3, -0.25) is 0 Å². The van der Waals surface area contributed by atoms with E-state index in [2.05, 4.69) is 4.74 Å². The van der Waals surface area contributed by atoms with E-state index in [9.17, 15) is 8.78 Å². The SMILES string of the molecule is COC1=CC=CC(F)(F)C1. The van der Waals surface area contributed by atoms with Gasteiger partial charge in [0.2, 0.25) is 0 Å². The smallest absolute Gasteiger partial charge is 0.273 e. The molecule has 0 radical (unpaired) electrons. The third-order valence-corrected chi connectivity index (χ3v) is 1.29. The summed E-state index contributed by atoms with van der Waals surface area (Å²) in [5.41, 5.74) is 0. The largest absolute Gasteiger partial charge is 0.501 e.